The van der Waals surface area contributed by atoms with Crippen molar-refractivity contribution in [3.05, 3.63) is 29.0 Å². The lowest BCUT2D eigenvalue weighted by Crippen LogP contribution is -2.43. The van der Waals surface area contributed by atoms with Crippen molar-refractivity contribution in [2.75, 3.05) is 13.1 Å². The van der Waals surface area contributed by atoms with E-state index in [9.17, 15) is 9.18 Å². The number of halogens is 2. The zero-order valence-corrected chi connectivity index (χ0v) is 15.0. The summed E-state index contributed by atoms with van der Waals surface area (Å²) in [4.78, 5) is 14.4. The van der Waals surface area contributed by atoms with Crippen molar-refractivity contribution < 1.29 is 18.1 Å². The quantitative estimate of drug-likeness (QED) is 0.717. The van der Waals surface area contributed by atoms with Gasteiger partial charge < -0.3 is 13.8 Å². The second-order valence-corrected chi connectivity index (χ2v) is 7.66. The van der Waals surface area contributed by atoms with Crippen molar-refractivity contribution in [3.8, 4) is 0 Å². The molecule has 0 radical (unpaired) electrons. The van der Waals surface area contributed by atoms with Crippen molar-refractivity contribution >= 4 is 29.7 Å². The molecular weight excluding hydrogens is 341 g/mol. The lowest BCUT2D eigenvalue weighted by molar-refractivity contribution is 0.0142. The number of hydrogen-bond acceptors (Lipinski definition) is 4. The fourth-order valence-corrected chi connectivity index (χ4v) is 3.09. The number of carbonyl (C=O) groups excluding carboxylic acids is 1. The van der Waals surface area contributed by atoms with Crippen LogP contribution in [0.5, 0.6) is 0 Å². The van der Waals surface area contributed by atoms with Gasteiger partial charge in [0.15, 0.2) is 0 Å². The standard InChI is InChI=1S/C16H21ClFNO3S/c1-16(2,3)21-15(20)19-8-6-11(7-9-19)22-23-12-4-5-14(18)13(17)10-12/h4-5,10-11H,6-9H2,1-3H3. The first-order valence-corrected chi connectivity index (χ1v) is 8.63. The molecule has 7 heteroatoms. The van der Waals surface area contributed by atoms with Gasteiger partial charge in [-0.2, -0.15) is 0 Å². The molecule has 0 bridgehead atoms. The molecular formula is C16H21ClFNO3S. The summed E-state index contributed by atoms with van der Waals surface area (Å²) in [6.45, 7) is 6.76. The van der Waals surface area contributed by atoms with Crippen molar-refractivity contribution in [3.63, 3.8) is 0 Å². The highest BCUT2D eigenvalue weighted by atomic mass is 35.5. The van der Waals surface area contributed by atoms with E-state index in [1.54, 1.807) is 11.0 Å². The predicted octanol–water partition coefficient (Wildman–Crippen LogP) is 4.90. The molecule has 1 amide bonds. The van der Waals surface area contributed by atoms with Gasteiger partial charge in [0.25, 0.3) is 0 Å². The van der Waals surface area contributed by atoms with E-state index in [1.807, 2.05) is 20.8 Å². The third-order valence-corrected chi connectivity index (χ3v) is 4.37. The number of carbonyl (C=O) groups is 1. The summed E-state index contributed by atoms with van der Waals surface area (Å²) >= 11 is 6.92. The van der Waals surface area contributed by atoms with E-state index in [1.165, 1.54) is 24.2 Å². The Labute approximate surface area is 145 Å². The van der Waals surface area contributed by atoms with E-state index in [4.69, 9.17) is 20.5 Å². The Balaban J connectivity index is 1.76. The Hall–Kier alpha value is -0.980. The Kier molecular flexibility index (Phi) is 6.17. The molecule has 0 N–H and O–H groups in total. The zero-order valence-electron chi connectivity index (χ0n) is 13.5. The molecule has 1 heterocycles. The summed E-state index contributed by atoms with van der Waals surface area (Å²) in [7, 11) is 0. The number of nitrogens with zero attached hydrogens (tertiary/aromatic N) is 1. The molecule has 2 rings (SSSR count). The second kappa shape index (κ2) is 7.73. The second-order valence-electron chi connectivity index (χ2n) is 6.42. The molecule has 128 valence electrons. The first kappa shape index (κ1) is 18.4. The highest BCUT2D eigenvalue weighted by molar-refractivity contribution is 7.94. The molecule has 1 saturated heterocycles. The van der Waals surface area contributed by atoms with E-state index in [0.717, 1.165) is 17.7 Å². The monoisotopic (exact) mass is 361 g/mol. The van der Waals surface area contributed by atoms with Crippen LogP contribution in [-0.2, 0) is 8.92 Å². The normalized spacial score (nSPS) is 16.5. The lowest BCUT2D eigenvalue weighted by atomic mass is 10.1. The van der Waals surface area contributed by atoms with E-state index < -0.39 is 11.4 Å². The summed E-state index contributed by atoms with van der Waals surface area (Å²) < 4.78 is 24.2. The minimum Gasteiger partial charge on any atom is -0.444 e. The molecule has 0 aliphatic carbocycles. The van der Waals surface area contributed by atoms with Gasteiger partial charge in [0, 0.05) is 30.0 Å². The van der Waals surface area contributed by atoms with Crippen LogP contribution in [0.3, 0.4) is 0 Å². The van der Waals surface area contributed by atoms with E-state index in [-0.39, 0.29) is 17.2 Å². The Morgan fingerprint density at radius 1 is 1.35 bits per heavy atom. The summed E-state index contributed by atoms with van der Waals surface area (Å²) in [5, 5.41) is 0.0818. The third-order valence-electron chi connectivity index (χ3n) is 3.27. The maximum Gasteiger partial charge on any atom is 0.410 e. The molecule has 1 aliphatic heterocycles. The molecule has 23 heavy (non-hydrogen) atoms. The van der Waals surface area contributed by atoms with Crippen LogP contribution < -0.4 is 0 Å². The number of likely N-dealkylation sites (tertiary alicyclic amines) is 1. The van der Waals surface area contributed by atoms with Crippen molar-refractivity contribution in [1.82, 2.24) is 4.90 Å². The van der Waals surface area contributed by atoms with E-state index in [2.05, 4.69) is 0 Å². The Morgan fingerprint density at radius 2 is 2.00 bits per heavy atom. The number of hydrogen-bond donors (Lipinski definition) is 0. The maximum absolute atomic E-state index is 13.1. The molecule has 0 unspecified atom stereocenters. The van der Waals surface area contributed by atoms with Crippen LogP contribution >= 0.6 is 23.6 Å². The molecule has 0 spiro atoms. The Morgan fingerprint density at radius 3 is 2.57 bits per heavy atom. The van der Waals surface area contributed by atoms with E-state index in [0.29, 0.717) is 13.1 Å². The van der Waals surface area contributed by atoms with Crippen LogP contribution in [0.4, 0.5) is 9.18 Å². The van der Waals surface area contributed by atoms with Gasteiger partial charge in [-0.3, -0.25) is 0 Å². The number of rotatable bonds is 3. The summed E-state index contributed by atoms with van der Waals surface area (Å²) in [6.07, 6.45) is 1.24. The van der Waals surface area contributed by atoms with Crippen molar-refractivity contribution in [2.45, 2.75) is 50.2 Å². The minimum atomic E-state index is -0.484. The molecule has 1 aliphatic rings. The van der Waals surface area contributed by atoms with Gasteiger partial charge in [-0.05, 0) is 51.8 Å². The average Bonchev–Trinajstić information content (AvgIpc) is 2.47. The molecule has 1 aromatic rings. The largest absolute Gasteiger partial charge is 0.444 e. The van der Waals surface area contributed by atoms with Gasteiger partial charge in [-0.15, -0.1) is 0 Å². The van der Waals surface area contributed by atoms with Gasteiger partial charge >= 0.3 is 6.09 Å². The topological polar surface area (TPSA) is 38.8 Å². The number of ether oxygens (including phenoxy) is 1. The average molecular weight is 362 g/mol. The van der Waals surface area contributed by atoms with Crippen LogP contribution in [0.1, 0.15) is 33.6 Å². The zero-order chi connectivity index (χ0) is 17.0. The highest BCUT2D eigenvalue weighted by Crippen LogP contribution is 2.28. The first-order chi connectivity index (χ1) is 10.7. The lowest BCUT2D eigenvalue weighted by Gasteiger charge is -2.32. The molecule has 0 saturated carbocycles. The highest BCUT2D eigenvalue weighted by Gasteiger charge is 2.27. The Bertz CT molecular complexity index is 557. The van der Waals surface area contributed by atoms with Crippen LogP contribution in [0.2, 0.25) is 5.02 Å². The minimum absolute atomic E-state index is 0.0440. The molecule has 0 atom stereocenters. The summed E-state index contributed by atoms with van der Waals surface area (Å²) in [6, 6.07) is 4.48. The fraction of sp³-hybridized carbons (Fsp3) is 0.562. The summed E-state index contributed by atoms with van der Waals surface area (Å²) in [5.74, 6) is -0.443. The number of benzene rings is 1. The van der Waals surface area contributed by atoms with Crippen molar-refractivity contribution in [2.24, 2.45) is 0 Å². The molecule has 4 nitrogen and oxygen atoms in total. The number of piperidine rings is 1. The van der Waals surface area contributed by atoms with Gasteiger partial charge in [0.05, 0.1) is 11.1 Å². The number of amides is 1. The third kappa shape index (κ3) is 5.86. The predicted molar refractivity (Wildman–Crippen MR) is 89.2 cm³/mol. The SMILES string of the molecule is CC(C)(C)OC(=O)N1CCC(OSc2ccc(F)c(Cl)c2)CC1. The van der Waals surface area contributed by atoms with E-state index >= 15 is 0 Å². The maximum atomic E-state index is 13.1. The van der Waals surface area contributed by atoms with Gasteiger partial charge in [0.1, 0.15) is 11.4 Å². The summed E-state index contributed by atoms with van der Waals surface area (Å²) in [5.41, 5.74) is -0.484. The van der Waals surface area contributed by atoms with Gasteiger partial charge in [-0.25, -0.2) is 9.18 Å². The molecule has 0 aromatic heterocycles. The van der Waals surface area contributed by atoms with Crippen molar-refractivity contribution in [1.29, 1.82) is 0 Å². The fourth-order valence-electron chi connectivity index (χ4n) is 2.11. The smallest absolute Gasteiger partial charge is 0.410 e. The van der Waals surface area contributed by atoms with Gasteiger partial charge in [0.2, 0.25) is 0 Å². The van der Waals surface area contributed by atoms with Crippen LogP contribution in [0, 0.1) is 5.82 Å². The molecule has 1 fully saturated rings. The van der Waals surface area contributed by atoms with Crippen LogP contribution in [-0.4, -0.2) is 35.8 Å². The van der Waals surface area contributed by atoms with Gasteiger partial charge in [-0.1, -0.05) is 11.6 Å². The van der Waals surface area contributed by atoms with Crippen LogP contribution in [0.15, 0.2) is 23.1 Å². The first-order valence-electron chi connectivity index (χ1n) is 7.51. The molecule has 1 aromatic carbocycles. The van der Waals surface area contributed by atoms with Crippen LogP contribution in [0.25, 0.3) is 0 Å².